The van der Waals surface area contributed by atoms with E-state index in [0.29, 0.717) is 31.1 Å². The fourth-order valence-electron chi connectivity index (χ4n) is 3.23. The van der Waals surface area contributed by atoms with E-state index in [2.05, 4.69) is 16.0 Å². The highest BCUT2D eigenvalue weighted by atomic mass is 32.2. The minimum atomic E-state index is -3.21. The zero-order valence-electron chi connectivity index (χ0n) is 14.4. The first-order valence-corrected chi connectivity index (χ1v) is 10.1. The molecule has 0 bridgehead atoms. The van der Waals surface area contributed by atoms with Crippen molar-refractivity contribution in [2.75, 3.05) is 23.7 Å². The molecule has 0 aliphatic carbocycles. The van der Waals surface area contributed by atoms with Crippen LogP contribution in [0.3, 0.4) is 0 Å². The second-order valence-corrected chi connectivity index (χ2v) is 8.31. The van der Waals surface area contributed by atoms with E-state index in [4.69, 9.17) is 4.74 Å². The molecule has 0 radical (unpaired) electrons. The van der Waals surface area contributed by atoms with E-state index in [1.165, 1.54) is 4.31 Å². The van der Waals surface area contributed by atoms with Gasteiger partial charge in [0.15, 0.2) is 0 Å². The number of rotatable bonds is 4. The number of benzene rings is 1. The molecule has 1 aromatic carbocycles. The van der Waals surface area contributed by atoms with Crippen molar-refractivity contribution in [3.63, 3.8) is 0 Å². The number of hydrogen-bond donors (Lipinski definition) is 0. The van der Waals surface area contributed by atoms with Gasteiger partial charge in [0, 0.05) is 30.1 Å². The number of ether oxygens (including phenoxy) is 1. The second-order valence-electron chi connectivity index (χ2n) is 6.29. The Balaban J connectivity index is 1.62. The molecule has 134 valence electrons. The Bertz CT molecular complexity index is 1050. The largest absolute Gasteiger partial charge is 0.481 e. The first kappa shape index (κ1) is 16.8. The van der Waals surface area contributed by atoms with Crippen LogP contribution >= 0.6 is 0 Å². The standard InChI is InChI=1S/C19H19N3O3S/c1-25-19-16(12-15-5-2-3-6-17(15)21-19)11-14-7-8-18(20-13-14)22-9-4-10-26(22,23)24/h2-3,5-8,12-13H,4,9-11H2,1H3. The van der Waals surface area contributed by atoms with Crippen molar-refractivity contribution in [3.8, 4) is 5.88 Å². The molecule has 1 fully saturated rings. The Kier molecular flexibility index (Phi) is 4.24. The minimum Gasteiger partial charge on any atom is -0.481 e. The molecule has 7 heteroatoms. The smallest absolute Gasteiger partial charge is 0.236 e. The molecule has 1 saturated heterocycles. The molecule has 0 N–H and O–H groups in total. The maximum Gasteiger partial charge on any atom is 0.236 e. The average molecular weight is 369 g/mol. The lowest BCUT2D eigenvalue weighted by Gasteiger charge is -2.16. The lowest BCUT2D eigenvalue weighted by atomic mass is 10.1. The first-order valence-electron chi connectivity index (χ1n) is 8.45. The van der Waals surface area contributed by atoms with Crippen molar-refractivity contribution in [2.45, 2.75) is 12.8 Å². The van der Waals surface area contributed by atoms with E-state index in [1.54, 1.807) is 19.4 Å². The fraction of sp³-hybridized carbons (Fsp3) is 0.263. The molecule has 0 unspecified atom stereocenters. The molecule has 3 aromatic rings. The highest BCUT2D eigenvalue weighted by molar-refractivity contribution is 7.93. The predicted octanol–water partition coefficient (Wildman–Crippen LogP) is 2.77. The third kappa shape index (κ3) is 3.10. The van der Waals surface area contributed by atoms with Crippen LogP contribution in [0.15, 0.2) is 48.7 Å². The second kappa shape index (κ2) is 6.57. The van der Waals surface area contributed by atoms with Gasteiger partial charge in [0.1, 0.15) is 5.82 Å². The quantitative estimate of drug-likeness (QED) is 0.707. The van der Waals surface area contributed by atoms with E-state index < -0.39 is 10.0 Å². The SMILES string of the molecule is COc1nc2ccccc2cc1Cc1ccc(N2CCCS2(=O)=O)nc1. The summed E-state index contributed by atoms with van der Waals surface area (Å²) >= 11 is 0. The van der Waals surface area contributed by atoms with E-state index in [0.717, 1.165) is 22.0 Å². The topological polar surface area (TPSA) is 72.4 Å². The van der Waals surface area contributed by atoms with Crippen LogP contribution < -0.4 is 9.04 Å². The van der Waals surface area contributed by atoms with Gasteiger partial charge in [-0.1, -0.05) is 24.3 Å². The highest BCUT2D eigenvalue weighted by Crippen LogP contribution is 2.26. The van der Waals surface area contributed by atoms with Gasteiger partial charge < -0.3 is 4.74 Å². The normalized spacial score (nSPS) is 16.1. The Morgan fingerprint density at radius 3 is 2.73 bits per heavy atom. The molecular formula is C19H19N3O3S. The molecule has 0 saturated carbocycles. The summed E-state index contributed by atoms with van der Waals surface area (Å²) in [6.45, 7) is 0.497. The molecule has 0 spiro atoms. The molecular weight excluding hydrogens is 350 g/mol. The van der Waals surface area contributed by atoms with E-state index in [9.17, 15) is 8.42 Å². The number of fused-ring (bicyclic) bond motifs is 1. The van der Waals surface area contributed by atoms with Crippen LogP contribution in [-0.2, 0) is 16.4 Å². The van der Waals surface area contributed by atoms with Crippen LogP contribution in [0.2, 0.25) is 0 Å². The number of anilines is 1. The van der Waals surface area contributed by atoms with Crippen LogP contribution in [0.4, 0.5) is 5.82 Å². The lowest BCUT2D eigenvalue weighted by Crippen LogP contribution is -2.25. The number of pyridine rings is 2. The van der Waals surface area contributed by atoms with Gasteiger partial charge in [0.25, 0.3) is 0 Å². The molecule has 3 heterocycles. The number of sulfonamides is 1. The molecule has 2 aromatic heterocycles. The Hall–Kier alpha value is -2.67. The van der Waals surface area contributed by atoms with Gasteiger partial charge in [-0.2, -0.15) is 0 Å². The number of hydrogen-bond acceptors (Lipinski definition) is 5. The summed E-state index contributed by atoms with van der Waals surface area (Å²) < 4.78 is 30.8. The molecule has 1 aliphatic heterocycles. The Labute approximate surface area is 152 Å². The molecule has 26 heavy (non-hydrogen) atoms. The van der Waals surface area contributed by atoms with Crippen LogP contribution in [0.1, 0.15) is 17.5 Å². The zero-order chi connectivity index (χ0) is 18.1. The van der Waals surface area contributed by atoms with E-state index in [-0.39, 0.29) is 5.75 Å². The van der Waals surface area contributed by atoms with Crippen LogP contribution in [0.25, 0.3) is 10.9 Å². The Morgan fingerprint density at radius 2 is 2.04 bits per heavy atom. The van der Waals surface area contributed by atoms with Gasteiger partial charge in [0.2, 0.25) is 15.9 Å². The van der Waals surface area contributed by atoms with Crippen molar-refractivity contribution in [2.24, 2.45) is 0 Å². The molecule has 0 atom stereocenters. The zero-order valence-corrected chi connectivity index (χ0v) is 15.2. The lowest BCUT2D eigenvalue weighted by molar-refractivity contribution is 0.395. The van der Waals surface area contributed by atoms with Crippen molar-refractivity contribution in [1.29, 1.82) is 0 Å². The number of nitrogens with zero attached hydrogens (tertiary/aromatic N) is 3. The maximum atomic E-state index is 12.0. The maximum absolute atomic E-state index is 12.0. The first-order chi connectivity index (χ1) is 12.6. The fourth-order valence-corrected chi connectivity index (χ4v) is 4.75. The minimum absolute atomic E-state index is 0.191. The van der Waals surface area contributed by atoms with Crippen molar-refractivity contribution in [1.82, 2.24) is 9.97 Å². The average Bonchev–Trinajstić information content (AvgIpc) is 3.01. The summed E-state index contributed by atoms with van der Waals surface area (Å²) in [4.78, 5) is 8.92. The summed E-state index contributed by atoms with van der Waals surface area (Å²) in [7, 11) is -1.59. The summed E-state index contributed by atoms with van der Waals surface area (Å²) in [5, 5.41) is 1.05. The van der Waals surface area contributed by atoms with E-state index in [1.807, 2.05) is 30.3 Å². The third-order valence-electron chi connectivity index (χ3n) is 4.52. The number of aromatic nitrogens is 2. The van der Waals surface area contributed by atoms with Gasteiger partial charge in [-0.15, -0.1) is 0 Å². The third-order valence-corrected chi connectivity index (χ3v) is 6.36. The van der Waals surface area contributed by atoms with Crippen LogP contribution in [0, 0.1) is 0 Å². The summed E-state index contributed by atoms with van der Waals surface area (Å²) in [6, 6.07) is 13.6. The molecule has 0 amide bonds. The molecule has 1 aliphatic rings. The van der Waals surface area contributed by atoms with Crippen LogP contribution in [0.5, 0.6) is 5.88 Å². The van der Waals surface area contributed by atoms with Gasteiger partial charge in [-0.25, -0.2) is 18.4 Å². The Morgan fingerprint density at radius 1 is 1.19 bits per heavy atom. The monoisotopic (exact) mass is 369 g/mol. The van der Waals surface area contributed by atoms with Crippen molar-refractivity contribution in [3.05, 3.63) is 59.8 Å². The van der Waals surface area contributed by atoms with Gasteiger partial charge in [0.05, 0.1) is 18.4 Å². The van der Waals surface area contributed by atoms with Gasteiger partial charge >= 0.3 is 0 Å². The predicted molar refractivity (Wildman–Crippen MR) is 101 cm³/mol. The summed E-state index contributed by atoms with van der Waals surface area (Å²) in [6.07, 6.45) is 2.98. The molecule has 4 rings (SSSR count). The van der Waals surface area contributed by atoms with Gasteiger partial charge in [-0.3, -0.25) is 4.31 Å². The van der Waals surface area contributed by atoms with Crippen molar-refractivity contribution >= 4 is 26.7 Å². The highest BCUT2D eigenvalue weighted by Gasteiger charge is 2.29. The number of methoxy groups -OCH3 is 1. The van der Waals surface area contributed by atoms with Crippen molar-refractivity contribution < 1.29 is 13.2 Å². The van der Waals surface area contributed by atoms with E-state index >= 15 is 0 Å². The van der Waals surface area contributed by atoms with Gasteiger partial charge in [-0.05, 0) is 30.2 Å². The number of para-hydroxylation sites is 1. The summed E-state index contributed by atoms with van der Waals surface area (Å²) in [5.74, 6) is 1.26. The van der Waals surface area contributed by atoms with Crippen LogP contribution in [-0.4, -0.2) is 37.8 Å². The summed E-state index contributed by atoms with van der Waals surface area (Å²) in [5.41, 5.74) is 2.83. The molecule has 6 nitrogen and oxygen atoms in total.